The molecule has 0 heterocycles. The summed E-state index contributed by atoms with van der Waals surface area (Å²) in [4.78, 5) is 12.8. The van der Waals surface area contributed by atoms with Gasteiger partial charge in [-0.2, -0.15) is 0 Å². The lowest BCUT2D eigenvalue weighted by molar-refractivity contribution is 0.102. The number of benzene rings is 3. The molecule has 3 aromatic carbocycles. The van der Waals surface area contributed by atoms with Gasteiger partial charge in [-0.1, -0.05) is 54.0 Å². The third kappa shape index (κ3) is 5.63. The van der Waals surface area contributed by atoms with Crippen molar-refractivity contribution in [2.45, 2.75) is 33.3 Å². The Morgan fingerprint density at radius 3 is 2.50 bits per heavy atom. The third-order valence-corrected chi connectivity index (χ3v) is 5.12. The number of para-hydroxylation sites is 1. The Hall–Kier alpha value is -2.79. The summed E-state index contributed by atoms with van der Waals surface area (Å²) in [5, 5.41) is 2.92. The zero-order chi connectivity index (χ0) is 21.5. The van der Waals surface area contributed by atoms with Crippen LogP contribution in [0.1, 0.15) is 48.2 Å². The molecule has 1 N–H and O–H groups in total. The maximum absolute atomic E-state index is 12.8. The predicted molar refractivity (Wildman–Crippen MR) is 125 cm³/mol. The summed E-state index contributed by atoms with van der Waals surface area (Å²) in [7, 11) is 0. The van der Waals surface area contributed by atoms with Crippen molar-refractivity contribution in [1.82, 2.24) is 0 Å². The molecule has 4 nitrogen and oxygen atoms in total. The van der Waals surface area contributed by atoms with Gasteiger partial charge in [-0.3, -0.25) is 4.79 Å². The normalized spacial score (nSPS) is 10.7. The molecule has 0 saturated heterocycles. The molecule has 0 bridgehead atoms. The van der Waals surface area contributed by atoms with E-state index in [4.69, 9.17) is 9.47 Å². The third-order valence-electron chi connectivity index (χ3n) is 4.63. The summed E-state index contributed by atoms with van der Waals surface area (Å²) < 4.78 is 12.8. The molecule has 0 atom stereocenters. The second-order valence-corrected chi connectivity index (χ2v) is 8.12. The van der Waals surface area contributed by atoms with Gasteiger partial charge in [-0.25, -0.2) is 0 Å². The number of hydrogen-bond acceptors (Lipinski definition) is 3. The highest BCUT2D eigenvalue weighted by Gasteiger charge is 2.13. The first kappa shape index (κ1) is 21.9. The molecular formula is C25H26BrNO3. The number of ether oxygens (including phenoxy) is 2. The Morgan fingerprint density at radius 2 is 1.77 bits per heavy atom. The molecule has 0 saturated carbocycles. The van der Waals surface area contributed by atoms with Crippen LogP contribution < -0.4 is 14.8 Å². The zero-order valence-electron chi connectivity index (χ0n) is 17.4. The van der Waals surface area contributed by atoms with Gasteiger partial charge in [0.05, 0.1) is 6.61 Å². The number of amides is 1. The summed E-state index contributed by atoms with van der Waals surface area (Å²) >= 11 is 3.42. The van der Waals surface area contributed by atoms with Crippen LogP contribution in [0, 0.1) is 0 Å². The lowest BCUT2D eigenvalue weighted by Gasteiger charge is -2.16. The summed E-state index contributed by atoms with van der Waals surface area (Å²) in [6.45, 7) is 7.07. The predicted octanol–water partition coefficient (Wildman–Crippen LogP) is 6.80. The number of rotatable bonds is 8. The molecule has 30 heavy (non-hydrogen) atoms. The van der Waals surface area contributed by atoms with E-state index in [2.05, 4.69) is 41.2 Å². The second-order valence-electron chi connectivity index (χ2n) is 7.20. The topological polar surface area (TPSA) is 47.6 Å². The van der Waals surface area contributed by atoms with Crippen LogP contribution in [0.3, 0.4) is 0 Å². The maximum atomic E-state index is 12.8. The SMILES string of the molecule is CCOc1ccc(C(=O)Nc2cccc(Br)c2)cc1COc1ccccc1C(C)C. The monoisotopic (exact) mass is 467 g/mol. The zero-order valence-corrected chi connectivity index (χ0v) is 19.0. The van der Waals surface area contributed by atoms with Crippen LogP contribution in [0.15, 0.2) is 71.2 Å². The molecule has 0 unspecified atom stereocenters. The number of anilines is 1. The number of nitrogens with one attached hydrogen (secondary N) is 1. The minimum atomic E-state index is -0.181. The summed E-state index contributed by atoms with van der Waals surface area (Å²) in [6.07, 6.45) is 0. The number of hydrogen-bond donors (Lipinski definition) is 1. The van der Waals surface area contributed by atoms with Crippen molar-refractivity contribution in [3.05, 3.63) is 87.9 Å². The van der Waals surface area contributed by atoms with Crippen molar-refractivity contribution in [1.29, 1.82) is 0 Å². The van der Waals surface area contributed by atoms with Gasteiger partial charge in [-0.15, -0.1) is 0 Å². The number of halogens is 1. The molecule has 3 rings (SSSR count). The molecule has 0 aromatic heterocycles. The Balaban J connectivity index is 1.81. The lowest BCUT2D eigenvalue weighted by atomic mass is 10.0. The fourth-order valence-electron chi connectivity index (χ4n) is 3.14. The van der Waals surface area contributed by atoms with Gasteiger partial charge in [0.15, 0.2) is 0 Å². The number of carbonyl (C=O) groups excluding carboxylic acids is 1. The standard InChI is InChI=1S/C25H26BrNO3/c1-4-29-23-13-12-18(25(28)27-21-9-7-8-20(26)15-21)14-19(23)16-30-24-11-6-5-10-22(24)17(2)3/h5-15,17H,4,16H2,1-3H3,(H,27,28). The van der Waals surface area contributed by atoms with Gasteiger partial charge >= 0.3 is 0 Å². The van der Waals surface area contributed by atoms with Crippen LogP contribution >= 0.6 is 15.9 Å². The molecule has 0 spiro atoms. The van der Waals surface area contributed by atoms with Crippen molar-refractivity contribution in [3.8, 4) is 11.5 Å². The van der Waals surface area contributed by atoms with E-state index < -0.39 is 0 Å². The Morgan fingerprint density at radius 1 is 0.967 bits per heavy atom. The van der Waals surface area contributed by atoms with Crippen molar-refractivity contribution in [2.75, 3.05) is 11.9 Å². The Kier molecular flexibility index (Phi) is 7.52. The van der Waals surface area contributed by atoms with E-state index in [1.54, 1.807) is 6.07 Å². The van der Waals surface area contributed by atoms with E-state index in [1.165, 1.54) is 0 Å². The first-order valence-corrected chi connectivity index (χ1v) is 10.8. The molecule has 5 heteroatoms. The van der Waals surface area contributed by atoms with Crippen LogP contribution in [0.2, 0.25) is 0 Å². The Labute approximate surface area is 186 Å². The fourth-order valence-corrected chi connectivity index (χ4v) is 3.54. The fraction of sp³-hybridized carbons (Fsp3) is 0.240. The van der Waals surface area contributed by atoms with E-state index in [1.807, 2.05) is 61.5 Å². The van der Waals surface area contributed by atoms with Gasteiger partial charge in [0.1, 0.15) is 18.1 Å². The quantitative estimate of drug-likeness (QED) is 0.396. The highest BCUT2D eigenvalue weighted by atomic mass is 79.9. The number of carbonyl (C=O) groups is 1. The van der Waals surface area contributed by atoms with Crippen LogP contribution in [-0.2, 0) is 6.61 Å². The molecular weight excluding hydrogens is 442 g/mol. The summed E-state index contributed by atoms with van der Waals surface area (Å²) in [6, 6.07) is 21.0. The van der Waals surface area contributed by atoms with Gasteiger partial charge in [-0.05, 0) is 60.9 Å². The highest BCUT2D eigenvalue weighted by Crippen LogP contribution is 2.29. The summed E-state index contributed by atoms with van der Waals surface area (Å²) in [5.74, 6) is 1.74. The molecule has 1 amide bonds. The van der Waals surface area contributed by atoms with Crippen molar-refractivity contribution >= 4 is 27.5 Å². The van der Waals surface area contributed by atoms with Gasteiger partial charge in [0.25, 0.3) is 5.91 Å². The van der Waals surface area contributed by atoms with Crippen LogP contribution in [0.5, 0.6) is 11.5 Å². The van der Waals surface area contributed by atoms with E-state index in [-0.39, 0.29) is 5.91 Å². The minimum absolute atomic E-state index is 0.181. The molecule has 0 aliphatic heterocycles. The molecule has 0 fully saturated rings. The second kappa shape index (κ2) is 10.3. The van der Waals surface area contributed by atoms with Gasteiger partial charge in [0, 0.05) is 21.3 Å². The lowest BCUT2D eigenvalue weighted by Crippen LogP contribution is -2.13. The Bertz CT molecular complexity index is 1020. The molecule has 0 aliphatic rings. The molecule has 156 valence electrons. The molecule has 0 aliphatic carbocycles. The van der Waals surface area contributed by atoms with Gasteiger partial charge < -0.3 is 14.8 Å². The van der Waals surface area contributed by atoms with Crippen molar-refractivity contribution in [3.63, 3.8) is 0 Å². The molecule has 3 aromatic rings. The summed E-state index contributed by atoms with van der Waals surface area (Å²) in [5.41, 5.74) is 3.26. The van der Waals surface area contributed by atoms with E-state index >= 15 is 0 Å². The molecule has 0 radical (unpaired) electrons. The van der Waals surface area contributed by atoms with Crippen LogP contribution in [0.4, 0.5) is 5.69 Å². The highest BCUT2D eigenvalue weighted by molar-refractivity contribution is 9.10. The maximum Gasteiger partial charge on any atom is 0.255 e. The van der Waals surface area contributed by atoms with E-state index in [9.17, 15) is 4.79 Å². The van der Waals surface area contributed by atoms with E-state index in [0.29, 0.717) is 24.7 Å². The van der Waals surface area contributed by atoms with Crippen molar-refractivity contribution < 1.29 is 14.3 Å². The van der Waals surface area contributed by atoms with Crippen molar-refractivity contribution in [2.24, 2.45) is 0 Å². The van der Waals surface area contributed by atoms with Crippen LogP contribution in [-0.4, -0.2) is 12.5 Å². The average Bonchev–Trinajstić information content (AvgIpc) is 2.73. The van der Waals surface area contributed by atoms with E-state index in [0.717, 1.165) is 32.8 Å². The first-order chi connectivity index (χ1) is 14.5. The average molecular weight is 468 g/mol. The van der Waals surface area contributed by atoms with Gasteiger partial charge in [0.2, 0.25) is 0 Å². The smallest absolute Gasteiger partial charge is 0.255 e. The minimum Gasteiger partial charge on any atom is -0.493 e. The largest absolute Gasteiger partial charge is 0.493 e. The first-order valence-electron chi connectivity index (χ1n) is 10.0. The van der Waals surface area contributed by atoms with Crippen LogP contribution in [0.25, 0.3) is 0 Å².